The highest BCUT2D eigenvalue weighted by Crippen LogP contribution is 2.28. The number of nitrogens with two attached hydrogens (primary N) is 1. The minimum Gasteiger partial charge on any atom is -0.271 e. The van der Waals surface area contributed by atoms with Gasteiger partial charge in [0.25, 0.3) is 0 Å². The van der Waals surface area contributed by atoms with E-state index in [4.69, 9.17) is 5.84 Å². The monoisotopic (exact) mass is 297 g/mol. The number of nitrogens with zero attached hydrogens (tertiary/aromatic N) is 1. The topological polar surface area (TPSA) is 50.9 Å². The zero-order chi connectivity index (χ0) is 11.4. The zero-order valence-corrected chi connectivity index (χ0v) is 11.0. The first-order chi connectivity index (χ1) is 7.81. The van der Waals surface area contributed by atoms with Gasteiger partial charge >= 0.3 is 0 Å². The fraction of sp³-hybridized carbons (Fsp3) is 0.182. The van der Waals surface area contributed by atoms with E-state index < -0.39 is 0 Å². The van der Waals surface area contributed by atoms with Crippen molar-refractivity contribution in [3.05, 3.63) is 50.9 Å². The second-order valence-corrected chi connectivity index (χ2v) is 5.05. The molecule has 0 amide bonds. The molecule has 0 aliphatic carbocycles. The van der Waals surface area contributed by atoms with Crippen molar-refractivity contribution in [1.29, 1.82) is 0 Å². The lowest BCUT2D eigenvalue weighted by molar-refractivity contribution is 0.551. The van der Waals surface area contributed by atoms with E-state index in [1.54, 1.807) is 23.7 Å². The Morgan fingerprint density at radius 1 is 1.38 bits per heavy atom. The maximum Gasteiger partial charge on any atom is 0.0519 e. The van der Waals surface area contributed by atoms with E-state index >= 15 is 0 Å². The highest BCUT2D eigenvalue weighted by atomic mass is 79.9. The van der Waals surface area contributed by atoms with Crippen molar-refractivity contribution in [2.45, 2.75) is 12.5 Å². The highest BCUT2D eigenvalue weighted by Gasteiger charge is 2.14. The van der Waals surface area contributed by atoms with Crippen molar-refractivity contribution >= 4 is 27.3 Å². The molecule has 0 aromatic carbocycles. The van der Waals surface area contributed by atoms with E-state index in [1.807, 2.05) is 12.1 Å². The van der Waals surface area contributed by atoms with Gasteiger partial charge in [-0.25, -0.2) is 0 Å². The first-order valence-electron chi connectivity index (χ1n) is 4.88. The van der Waals surface area contributed by atoms with E-state index in [-0.39, 0.29) is 6.04 Å². The van der Waals surface area contributed by atoms with Crippen molar-refractivity contribution in [3.8, 4) is 0 Å². The van der Waals surface area contributed by atoms with E-state index in [0.29, 0.717) is 0 Å². The summed E-state index contributed by atoms with van der Waals surface area (Å²) in [5.41, 5.74) is 5.27. The Balaban J connectivity index is 2.16. The second kappa shape index (κ2) is 5.54. The lowest BCUT2D eigenvalue weighted by Gasteiger charge is -2.15. The molecule has 0 fully saturated rings. The van der Waals surface area contributed by atoms with Crippen LogP contribution in [0.4, 0.5) is 0 Å². The predicted octanol–water partition coefficient (Wildman–Crippen LogP) is 2.65. The standard InChI is InChI=1S/C11H12BrN3S/c12-10-7-16-6-9(10)11(15-13)5-8-1-3-14-4-2-8/h1-4,6-7,11,15H,5,13H2. The molecule has 0 radical (unpaired) electrons. The van der Waals surface area contributed by atoms with Crippen LogP contribution in [0.15, 0.2) is 39.8 Å². The molecule has 0 saturated carbocycles. The molecule has 2 aromatic heterocycles. The average molecular weight is 298 g/mol. The quantitative estimate of drug-likeness (QED) is 0.674. The van der Waals surface area contributed by atoms with Gasteiger partial charge in [-0.05, 0) is 51.0 Å². The Labute approximate surface area is 107 Å². The van der Waals surface area contributed by atoms with Crippen molar-refractivity contribution in [2.75, 3.05) is 0 Å². The summed E-state index contributed by atoms with van der Waals surface area (Å²) in [6, 6.07) is 4.14. The van der Waals surface area contributed by atoms with E-state index in [0.717, 1.165) is 10.9 Å². The summed E-state index contributed by atoms with van der Waals surface area (Å²) in [5.74, 6) is 5.60. The fourth-order valence-electron chi connectivity index (χ4n) is 1.55. The number of halogens is 1. The first-order valence-corrected chi connectivity index (χ1v) is 6.61. The second-order valence-electron chi connectivity index (χ2n) is 3.45. The number of nitrogens with one attached hydrogen (secondary N) is 1. The van der Waals surface area contributed by atoms with Crippen molar-refractivity contribution in [3.63, 3.8) is 0 Å². The SMILES string of the molecule is NNC(Cc1ccncc1)c1cscc1Br. The van der Waals surface area contributed by atoms with Crippen LogP contribution in [-0.4, -0.2) is 4.98 Å². The Morgan fingerprint density at radius 2 is 2.12 bits per heavy atom. The number of thiophene rings is 1. The Bertz CT molecular complexity index is 444. The molecule has 2 rings (SSSR count). The third kappa shape index (κ3) is 2.68. The van der Waals surface area contributed by atoms with Crippen LogP contribution in [0, 0.1) is 0 Å². The summed E-state index contributed by atoms with van der Waals surface area (Å²) in [7, 11) is 0. The molecule has 16 heavy (non-hydrogen) atoms. The van der Waals surface area contributed by atoms with Crippen LogP contribution in [0.3, 0.4) is 0 Å². The Kier molecular flexibility index (Phi) is 4.06. The van der Waals surface area contributed by atoms with Gasteiger partial charge in [-0.2, -0.15) is 11.3 Å². The largest absolute Gasteiger partial charge is 0.271 e. The average Bonchev–Trinajstić information content (AvgIpc) is 2.74. The summed E-state index contributed by atoms with van der Waals surface area (Å²) in [4.78, 5) is 4.00. The zero-order valence-electron chi connectivity index (χ0n) is 8.56. The van der Waals surface area contributed by atoms with Gasteiger partial charge in [-0.1, -0.05) is 0 Å². The maximum absolute atomic E-state index is 5.60. The smallest absolute Gasteiger partial charge is 0.0519 e. The molecule has 0 aliphatic heterocycles. The normalized spacial score (nSPS) is 12.6. The summed E-state index contributed by atoms with van der Waals surface area (Å²) in [6.45, 7) is 0. The Morgan fingerprint density at radius 3 is 2.69 bits per heavy atom. The number of rotatable bonds is 4. The van der Waals surface area contributed by atoms with Crippen LogP contribution >= 0.6 is 27.3 Å². The number of hydrogen-bond acceptors (Lipinski definition) is 4. The van der Waals surface area contributed by atoms with Gasteiger partial charge in [0, 0.05) is 22.2 Å². The lowest BCUT2D eigenvalue weighted by atomic mass is 10.0. The van der Waals surface area contributed by atoms with Crippen molar-refractivity contribution < 1.29 is 0 Å². The van der Waals surface area contributed by atoms with Gasteiger partial charge in [0.15, 0.2) is 0 Å². The molecule has 0 spiro atoms. The van der Waals surface area contributed by atoms with Gasteiger partial charge in [0.1, 0.15) is 0 Å². The van der Waals surface area contributed by atoms with Gasteiger partial charge in [0.2, 0.25) is 0 Å². The summed E-state index contributed by atoms with van der Waals surface area (Å²) < 4.78 is 1.11. The predicted molar refractivity (Wildman–Crippen MR) is 70.0 cm³/mol. The molecule has 84 valence electrons. The number of hydrazine groups is 1. The van der Waals surface area contributed by atoms with Crippen LogP contribution < -0.4 is 11.3 Å². The molecule has 1 unspecified atom stereocenters. The molecule has 3 nitrogen and oxygen atoms in total. The summed E-state index contributed by atoms with van der Waals surface area (Å²) in [6.07, 6.45) is 4.45. The van der Waals surface area contributed by atoms with Crippen LogP contribution in [0.1, 0.15) is 17.2 Å². The number of pyridine rings is 1. The van der Waals surface area contributed by atoms with Gasteiger partial charge in [-0.15, -0.1) is 0 Å². The van der Waals surface area contributed by atoms with Crippen LogP contribution in [0.25, 0.3) is 0 Å². The maximum atomic E-state index is 5.60. The molecule has 0 aliphatic rings. The molecule has 0 bridgehead atoms. The minimum absolute atomic E-state index is 0.128. The highest BCUT2D eigenvalue weighted by molar-refractivity contribution is 9.10. The first kappa shape index (κ1) is 11.7. The third-order valence-electron chi connectivity index (χ3n) is 2.41. The lowest BCUT2D eigenvalue weighted by Crippen LogP contribution is -2.29. The van der Waals surface area contributed by atoms with E-state index in [9.17, 15) is 0 Å². The van der Waals surface area contributed by atoms with Gasteiger partial charge in [0.05, 0.1) is 6.04 Å². The van der Waals surface area contributed by atoms with Gasteiger partial charge in [-0.3, -0.25) is 16.3 Å². The van der Waals surface area contributed by atoms with Gasteiger partial charge < -0.3 is 0 Å². The molecule has 1 atom stereocenters. The van der Waals surface area contributed by atoms with Crippen LogP contribution in [0.2, 0.25) is 0 Å². The van der Waals surface area contributed by atoms with Crippen LogP contribution in [-0.2, 0) is 6.42 Å². The van der Waals surface area contributed by atoms with Crippen LogP contribution in [0.5, 0.6) is 0 Å². The summed E-state index contributed by atoms with van der Waals surface area (Å²) >= 11 is 5.19. The molecule has 2 aromatic rings. The van der Waals surface area contributed by atoms with E-state index in [1.165, 1.54) is 11.1 Å². The number of hydrogen-bond donors (Lipinski definition) is 2. The van der Waals surface area contributed by atoms with Crippen molar-refractivity contribution in [1.82, 2.24) is 10.4 Å². The molecule has 5 heteroatoms. The Hall–Kier alpha value is -0.750. The number of aromatic nitrogens is 1. The summed E-state index contributed by atoms with van der Waals surface area (Å²) in [5, 5.41) is 4.17. The molecule has 2 heterocycles. The van der Waals surface area contributed by atoms with E-state index in [2.05, 4.69) is 37.1 Å². The molecular weight excluding hydrogens is 286 g/mol. The molecular formula is C11H12BrN3S. The molecule has 3 N–H and O–H groups in total. The minimum atomic E-state index is 0.128. The fourth-order valence-corrected chi connectivity index (χ4v) is 3.18. The molecule has 0 saturated heterocycles. The third-order valence-corrected chi connectivity index (χ3v) is 4.16. The van der Waals surface area contributed by atoms with Crippen molar-refractivity contribution in [2.24, 2.45) is 5.84 Å².